The van der Waals surface area contributed by atoms with Crippen molar-refractivity contribution in [1.29, 1.82) is 0 Å². The van der Waals surface area contributed by atoms with E-state index in [1.807, 2.05) is 31.2 Å². The van der Waals surface area contributed by atoms with Crippen molar-refractivity contribution in [2.24, 2.45) is 0 Å². The maximum atomic E-state index is 13.6. The molecular formula is C25H35N3O6. The summed E-state index contributed by atoms with van der Waals surface area (Å²) in [6.07, 6.45) is 1.30. The first-order valence-electron chi connectivity index (χ1n) is 11.9. The van der Waals surface area contributed by atoms with E-state index in [-0.39, 0.29) is 49.2 Å². The fourth-order valence-electron chi connectivity index (χ4n) is 4.92. The van der Waals surface area contributed by atoms with E-state index < -0.39 is 5.41 Å². The number of piperidine rings is 1. The molecule has 0 aromatic heterocycles. The van der Waals surface area contributed by atoms with Crippen LogP contribution in [0.5, 0.6) is 0 Å². The number of methoxy groups -OCH3 is 1. The van der Waals surface area contributed by atoms with Gasteiger partial charge in [0.15, 0.2) is 0 Å². The van der Waals surface area contributed by atoms with Crippen LogP contribution in [0, 0.1) is 6.92 Å². The largest absolute Gasteiger partial charge is 0.450 e. The van der Waals surface area contributed by atoms with E-state index in [9.17, 15) is 19.2 Å². The quantitative estimate of drug-likeness (QED) is 0.435. The normalized spacial score (nSPS) is 21.1. The molecule has 34 heavy (non-hydrogen) atoms. The van der Waals surface area contributed by atoms with Crippen LogP contribution in [-0.4, -0.2) is 79.6 Å². The maximum absolute atomic E-state index is 13.6. The Morgan fingerprint density at radius 1 is 1.18 bits per heavy atom. The van der Waals surface area contributed by atoms with Crippen LogP contribution < -0.4 is 5.32 Å². The molecule has 2 heterocycles. The molecule has 186 valence electrons. The second-order valence-corrected chi connectivity index (χ2v) is 8.98. The Bertz CT molecular complexity index is 912. The summed E-state index contributed by atoms with van der Waals surface area (Å²) < 4.78 is 10.1. The summed E-state index contributed by atoms with van der Waals surface area (Å²) in [5.41, 5.74) is 0.374. The first kappa shape index (κ1) is 25.7. The molecule has 9 heteroatoms. The van der Waals surface area contributed by atoms with Crippen LogP contribution in [0.2, 0.25) is 0 Å². The van der Waals surface area contributed by atoms with Crippen LogP contribution in [0.4, 0.5) is 4.79 Å². The second kappa shape index (κ2) is 11.5. The Labute approximate surface area is 200 Å². The summed E-state index contributed by atoms with van der Waals surface area (Å²) in [6.45, 7) is 5.70. The van der Waals surface area contributed by atoms with Crippen LogP contribution in [0.15, 0.2) is 24.3 Å². The standard InChI is InChI=1S/C25H35N3O6/c1-4-34-24(32)27-13-10-19(11-14-27)26-21(29)16-25(20-9-6-5-8-18(20)2)17-22(30)28(23(25)31)12-7-15-33-3/h5-6,8-9,19H,4,7,10-17H2,1-3H3,(H,26,29)/t25-/m1/s1. The van der Waals surface area contributed by atoms with Crippen LogP contribution in [0.25, 0.3) is 0 Å². The summed E-state index contributed by atoms with van der Waals surface area (Å²) in [7, 11) is 1.58. The topological polar surface area (TPSA) is 105 Å². The first-order chi connectivity index (χ1) is 16.3. The molecule has 2 saturated heterocycles. The lowest BCUT2D eigenvalue weighted by Gasteiger charge is -2.33. The summed E-state index contributed by atoms with van der Waals surface area (Å²) >= 11 is 0. The van der Waals surface area contributed by atoms with Crippen molar-refractivity contribution in [3.8, 4) is 0 Å². The van der Waals surface area contributed by atoms with Crippen molar-refractivity contribution in [2.75, 3.05) is 40.0 Å². The monoisotopic (exact) mass is 473 g/mol. The lowest BCUT2D eigenvalue weighted by Crippen LogP contribution is -2.49. The van der Waals surface area contributed by atoms with E-state index >= 15 is 0 Å². The summed E-state index contributed by atoms with van der Waals surface area (Å²) in [6, 6.07) is 7.34. The van der Waals surface area contributed by atoms with Crippen LogP contribution in [0.3, 0.4) is 0 Å². The highest BCUT2D eigenvalue weighted by molar-refractivity contribution is 6.11. The van der Waals surface area contributed by atoms with Gasteiger partial charge in [0.2, 0.25) is 17.7 Å². The molecule has 0 radical (unpaired) electrons. The highest BCUT2D eigenvalue weighted by Crippen LogP contribution is 2.41. The van der Waals surface area contributed by atoms with Crippen molar-refractivity contribution in [3.05, 3.63) is 35.4 Å². The third-order valence-corrected chi connectivity index (χ3v) is 6.65. The number of benzene rings is 1. The Hall–Kier alpha value is -2.94. The average Bonchev–Trinajstić information content (AvgIpc) is 3.04. The van der Waals surface area contributed by atoms with Gasteiger partial charge < -0.3 is 19.7 Å². The van der Waals surface area contributed by atoms with E-state index in [1.54, 1.807) is 18.9 Å². The summed E-state index contributed by atoms with van der Waals surface area (Å²) in [5, 5.41) is 3.03. The second-order valence-electron chi connectivity index (χ2n) is 8.98. The van der Waals surface area contributed by atoms with Crippen LogP contribution in [-0.2, 0) is 29.3 Å². The van der Waals surface area contributed by atoms with Gasteiger partial charge in [-0.05, 0) is 44.2 Å². The molecule has 1 aromatic carbocycles. The number of carbonyl (C=O) groups excluding carboxylic acids is 4. The predicted molar refractivity (Wildman–Crippen MR) is 125 cm³/mol. The molecular weight excluding hydrogens is 438 g/mol. The molecule has 1 aromatic rings. The van der Waals surface area contributed by atoms with Gasteiger partial charge in [0.1, 0.15) is 0 Å². The van der Waals surface area contributed by atoms with Gasteiger partial charge in [0, 0.05) is 52.2 Å². The molecule has 3 rings (SSSR count). The molecule has 4 amide bonds. The van der Waals surface area contributed by atoms with Gasteiger partial charge in [0.25, 0.3) is 0 Å². The highest BCUT2D eigenvalue weighted by Gasteiger charge is 2.54. The zero-order chi connectivity index (χ0) is 24.7. The molecule has 0 saturated carbocycles. The molecule has 1 N–H and O–H groups in total. The molecule has 0 spiro atoms. The van der Waals surface area contributed by atoms with Crippen LogP contribution >= 0.6 is 0 Å². The van der Waals surface area contributed by atoms with E-state index in [4.69, 9.17) is 9.47 Å². The van der Waals surface area contributed by atoms with Gasteiger partial charge >= 0.3 is 6.09 Å². The van der Waals surface area contributed by atoms with Crippen molar-refractivity contribution < 1.29 is 28.7 Å². The Morgan fingerprint density at radius 3 is 2.53 bits per heavy atom. The predicted octanol–water partition coefficient (Wildman–Crippen LogP) is 2.16. The fourth-order valence-corrected chi connectivity index (χ4v) is 4.92. The smallest absolute Gasteiger partial charge is 0.409 e. The van der Waals surface area contributed by atoms with Gasteiger partial charge in [-0.2, -0.15) is 0 Å². The number of likely N-dealkylation sites (tertiary alicyclic amines) is 2. The third-order valence-electron chi connectivity index (χ3n) is 6.65. The van der Waals surface area contributed by atoms with Gasteiger partial charge in [0.05, 0.1) is 12.0 Å². The van der Waals surface area contributed by atoms with Gasteiger partial charge in [-0.3, -0.25) is 19.3 Å². The van der Waals surface area contributed by atoms with Crippen molar-refractivity contribution in [3.63, 3.8) is 0 Å². The van der Waals surface area contributed by atoms with Crippen molar-refractivity contribution in [2.45, 2.75) is 57.4 Å². The molecule has 2 aliphatic heterocycles. The summed E-state index contributed by atoms with van der Waals surface area (Å²) in [5.74, 6) is -0.854. The fraction of sp³-hybridized carbons (Fsp3) is 0.600. The molecule has 2 aliphatic rings. The Kier molecular flexibility index (Phi) is 8.66. The zero-order valence-electron chi connectivity index (χ0n) is 20.3. The minimum absolute atomic E-state index is 0.0294. The highest BCUT2D eigenvalue weighted by atomic mass is 16.6. The Morgan fingerprint density at radius 2 is 1.88 bits per heavy atom. The van der Waals surface area contributed by atoms with Gasteiger partial charge in [-0.25, -0.2) is 4.79 Å². The van der Waals surface area contributed by atoms with Crippen molar-refractivity contribution in [1.82, 2.24) is 15.1 Å². The molecule has 0 unspecified atom stereocenters. The maximum Gasteiger partial charge on any atom is 0.409 e. The van der Waals surface area contributed by atoms with Gasteiger partial charge in [-0.1, -0.05) is 24.3 Å². The lowest BCUT2D eigenvalue weighted by molar-refractivity contribution is -0.141. The minimum atomic E-state index is -1.22. The number of hydrogen-bond acceptors (Lipinski definition) is 6. The summed E-state index contributed by atoms with van der Waals surface area (Å²) in [4.78, 5) is 54.5. The number of hydrogen-bond donors (Lipinski definition) is 1. The van der Waals surface area contributed by atoms with Gasteiger partial charge in [-0.15, -0.1) is 0 Å². The van der Waals surface area contributed by atoms with E-state index in [2.05, 4.69) is 5.32 Å². The number of amides is 4. The number of imide groups is 1. The average molecular weight is 474 g/mol. The SMILES string of the molecule is CCOC(=O)N1CCC(NC(=O)C[C@]2(c3ccccc3C)CC(=O)N(CCCOC)C2=O)CC1. The number of nitrogens with one attached hydrogen (secondary N) is 1. The number of aryl methyl sites for hydroxylation is 1. The minimum Gasteiger partial charge on any atom is -0.450 e. The molecule has 0 bridgehead atoms. The lowest BCUT2D eigenvalue weighted by atomic mass is 9.74. The molecule has 2 fully saturated rings. The number of ether oxygens (including phenoxy) is 2. The van der Waals surface area contributed by atoms with E-state index in [0.717, 1.165) is 11.1 Å². The van der Waals surface area contributed by atoms with E-state index in [1.165, 1.54) is 4.90 Å². The van der Waals surface area contributed by atoms with E-state index in [0.29, 0.717) is 45.6 Å². The molecule has 9 nitrogen and oxygen atoms in total. The Balaban J connectivity index is 1.73. The van der Waals surface area contributed by atoms with Crippen molar-refractivity contribution >= 4 is 23.8 Å². The number of nitrogens with zero attached hydrogens (tertiary/aromatic N) is 2. The third kappa shape index (κ3) is 5.58. The van der Waals surface area contributed by atoms with Crippen LogP contribution in [0.1, 0.15) is 50.2 Å². The molecule has 0 aliphatic carbocycles. The number of rotatable bonds is 9. The zero-order valence-corrected chi connectivity index (χ0v) is 20.3. The number of carbonyl (C=O) groups is 4. The molecule has 1 atom stereocenters. The first-order valence-corrected chi connectivity index (χ1v) is 11.9.